The first-order chi connectivity index (χ1) is 10.2. The minimum absolute atomic E-state index is 0.00486. The lowest BCUT2D eigenvalue weighted by Crippen LogP contribution is -2.55. The van der Waals surface area contributed by atoms with Crippen LogP contribution in [-0.4, -0.2) is 54.0 Å². The van der Waals surface area contributed by atoms with Gasteiger partial charge < -0.3 is 10.6 Å². The van der Waals surface area contributed by atoms with Crippen molar-refractivity contribution < 1.29 is 4.79 Å². The number of carbonyl (C=O) groups is 1. The van der Waals surface area contributed by atoms with Crippen molar-refractivity contribution in [3.8, 4) is 0 Å². The Morgan fingerprint density at radius 3 is 2.48 bits per heavy atom. The van der Waals surface area contributed by atoms with Gasteiger partial charge in [-0.2, -0.15) is 0 Å². The number of likely N-dealkylation sites (N-methyl/N-ethyl adjacent to an activating group) is 1. The lowest BCUT2D eigenvalue weighted by atomic mass is 9.83. The van der Waals surface area contributed by atoms with Crippen molar-refractivity contribution in [1.29, 1.82) is 0 Å². The van der Waals surface area contributed by atoms with Crippen LogP contribution in [0, 0.1) is 5.92 Å². The van der Waals surface area contributed by atoms with Crippen molar-refractivity contribution in [3.05, 3.63) is 0 Å². The standard InChI is InChI=1S/C17H33N3O/c1-3-20(16-10-6-5-9-15(16)13-18)14(2)17(21)19-11-7-4-8-12-19/h14-16H,3-13,18H2,1-2H3. The second-order valence-corrected chi connectivity index (χ2v) is 6.74. The first-order valence-corrected chi connectivity index (χ1v) is 8.93. The molecular weight excluding hydrogens is 262 g/mol. The largest absolute Gasteiger partial charge is 0.341 e. The van der Waals surface area contributed by atoms with Gasteiger partial charge in [0.1, 0.15) is 0 Å². The zero-order chi connectivity index (χ0) is 15.2. The molecule has 4 nitrogen and oxygen atoms in total. The number of hydrogen-bond donors (Lipinski definition) is 1. The molecule has 0 aromatic rings. The Morgan fingerprint density at radius 1 is 1.19 bits per heavy atom. The molecule has 0 bridgehead atoms. The van der Waals surface area contributed by atoms with Gasteiger partial charge in [0.15, 0.2) is 0 Å². The zero-order valence-corrected chi connectivity index (χ0v) is 13.9. The maximum Gasteiger partial charge on any atom is 0.239 e. The molecule has 2 N–H and O–H groups in total. The summed E-state index contributed by atoms with van der Waals surface area (Å²) in [6, 6.07) is 0.503. The first kappa shape index (κ1) is 16.8. The predicted molar refractivity (Wildman–Crippen MR) is 87.1 cm³/mol. The topological polar surface area (TPSA) is 49.6 Å². The van der Waals surface area contributed by atoms with E-state index in [1.165, 1.54) is 44.9 Å². The summed E-state index contributed by atoms with van der Waals surface area (Å²) < 4.78 is 0. The normalized spacial score (nSPS) is 28.7. The quantitative estimate of drug-likeness (QED) is 0.846. The summed E-state index contributed by atoms with van der Waals surface area (Å²) in [5.41, 5.74) is 5.98. The van der Waals surface area contributed by atoms with Crippen LogP contribution in [0.25, 0.3) is 0 Å². The highest BCUT2D eigenvalue weighted by molar-refractivity contribution is 5.81. The molecule has 1 amide bonds. The highest BCUT2D eigenvalue weighted by Crippen LogP contribution is 2.29. The first-order valence-electron chi connectivity index (χ1n) is 8.93. The van der Waals surface area contributed by atoms with E-state index >= 15 is 0 Å². The van der Waals surface area contributed by atoms with E-state index in [1.54, 1.807) is 0 Å². The van der Waals surface area contributed by atoms with Crippen molar-refractivity contribution in [2.45, 2.75) is 70.9 Å². The van der Waals surface area contributed by atoms with Crippen molar-refractivity contribution >= 4 is 5.91 Å². The van der Waals surface area contributed by atoms with E-state index < -0.39 is 0 Å². The molecule has 2 aliphatic rings. The number of likely N-dealkylation sites (tertiary alicyclic amines) is 1. The van der Waals surface area contributed by atoms with Crippen LogP contribution in [0.15, 0.2) is 0 Å². The fourth-order valence-corrected chi connectivity index (χ4v) is 4.22. The molecule has 0 aromatic carbocycles. The average molecular weight is 295 g/mol. The number of nitrogens with two attached hydrogens (primary N) is 1. The Balaban J connectivity index is 2.02. The molecule has 1 saturated heterocycles. The molecular formula is C17H33N3O. The van der Waals surface area contributed by atoms with Crippen LogP contribution < -0.4 is 5.73 Å². The molecule has 3 unspecified atom stereocenters. The van der Waals surface area contributed by atoms with E-state index in [2.05, 4.69) is 23.6 Å². The van der Waals surface area contributed by atoms with Crippen LogP contribution in [0.1, 0.15) is 58.8 Å². The Labute approximate surface area is 130 Å². The third-order valence-corrected chi connectivity index (χ3v) is 5.49. The van der Waals surface area contributed by atoms with Gasteiger partial charge in [0.05, 0.1) is 6.04 Å². The minimum Gasteiger partial charge on any atom is -0.341 e. The predicted octanol–water partition coefficient (Wildman–Crippen LogP) is 2.23. The van der Waals surface area contributed by atoms with Gasteiger partial charge in [-0.1, -0.05) is 19.8 Å². The molecule has 3 atom stereocenters. The molecule has 122 valence electrons. The molecule has 2 rings (SSSR count). The second-order valence-electron chi connectivity index (χ2n) is 6.74. The third kappa shape index (κ3) is 3.98. The van der Waals surface area contributed by atoms with Gasteiger partial charge in [-0.05, 0) is 58.0 Å². The van der Waals surface area contributed by atoms with E-state index in [0.717, 1.165) is 26.2 Å². The summed E-state index contributed by atoms with van der Waals surface area (Å²) in [6.45, 7) is 7.88. The molecule has 1 heterocycles. The zero-order valence-electron chi connectivity index (χ0n) is 13.9. The van der Waals surface area contributed by atoms with E-state index in [9.17, 15) is 4.79 Å². The number of carbonyl (C=O) groups excluding carboxylic acids is 1. The number of rotatable bonds is 5. The van der Waals surface area contributed by atoms with E-state index in [0.29, 0.717) is 17.9 Å². The van der Waals surface area contributed by atoms with Crippen LogP contribution in [-0.2, 0) is 4.79 Å². The molecule has 0 radical (unpaired) electrons. The summed E-state index contributed by atoms with van der Waals surface area (Å²) in [4.78, 5) is 17.3. The summed E-state index contributed by atoms with van der Waals surface area (Å²) in [5.74, 6) is 0.896. The van der Waals surface area contributed by atoms with Crippen LogP contribution in [0.2, 0.25) is 0 Å². The molecule has 0 aromatic heterocycles. The Hall–Kier alpha value is -0.610. The highest BCUT2D eigenvalue weighted by Gasteiger charge is 2.35. The summed E-state index contributed by atoms with van der Waals surface area (Å²) in [7, 11) is 0. The van der Waals surface area contributed by atoms with Crippen LogP contribution >= 0.6 is 0 Å². The van der Waals surface area contributed by atoms with E-state index in [4.69, 9.17) is 5.73 Å². The average Bonchev–Trinajstić information content (AvgIpc) is 2.56. The third-order valence-electron chi connectivity index (χ3n) is 5.49. The molecule has 21 heavy (non-hydrogen) atoms. The fourth-order valence-electron chi connectivity index (χ4n) is 4.22. The second kappa shape index (κ2) is 8.14. The summed E-state index contributed by atoms with van der Waals surface area (Å²) in [6.07, 6.45) is 8.61. The van der Waals surface area contributed by atoms with Gasteiger partial charge in [-0.15, -0.1) is 0 Å². The van der Waals surface area contributed by atoms with Crippen LogP contribution in [0.4, 0.5) is 0 Å². The summed E-state index contributed by atoms with van der Waals surface area (Å²) in [5, 5.41) is 0. The number of amides is 1. The minimum atomic E-state index is 0.00486. The maximum atomic E-state index is 12.8. The van der Waals surface area contributed by atoms with Gasteiger partial charge in [0, 0.05) is 19.1 Å². The fraction of sp³-hybridized carbons (Fsp3) is 0.941. The van der Waals surface area contributed by atoms with Crippen molar-refractivity contribution in [3.63, 3.8) is 0 Å². The van der Waals surface area contributed by atoms with E-state index in [1.807, 2.05) is 0 Å². The number of piperidine rings is 1. The van der Waals surface area contributed by atoms with Gasteiger partial charge >= 0.3 is 0 Å². The smallest absolute Gasteiger partial charge is 0.239 e. The molecule has 1 aliphatic heterocycles. The molecule has 1 aliphatic carbocycles. The summed E-state index contributed by atoms with van der Waals surface area (Å²) >= 11 is 0. The monoisotopic (exact) mass is 295 g/mol. The van der Waals surface area contributed by atoms with Crippen LogP contribution in [0.5, 0.6) is 0 Å². The highest BCUT2D eigenvalue weighted by atomic mass is 16.2. The van der Waals surface area contributed by atoms with Crippen molar-refractivity contribution in [2.24, 2.45) is 11.7 Å². The molecule has 4 heteroatoms. The van der Waals surface area contributed by atoms with Crippen molar-refractivity contribution in [2.75, 3.05) is 26.2 Å². The number of hydrogen-bond acceptors (Lipinski definition) is 3. The van der Waals surface area contributed by atoms with Crippen molar-refractivity contribution in [1.82, 2.24) is 9.80 Å². The Bertz CT molecular complexity index is 328. The lowest BCUT2D eigenvalue weighted by Gasteiger charge is -2.43. The molecule has 2 fully saturated rings. The Morgan fingerprint density at radius 2 is 1.86 bits per heavy atom. The SMILES string of the molecule is CCN(C(C)C(=O)N1CCCCC1)C1CCCCC1CN. The van der Waals surface area contributed by atoms with Gasteiger partial charge in [0.2, 0.25) is 5.91 Å². The molecule has 0 spiro atoms. The lowest BCUT2D eigenvalue weighted by molar-refractivity contribution is -0.139. The molecule has 1 saturated carbocycles. The number of nitrogens with zero attached hydrogens (tertiary/aromatic N) is 2. The maximum absolute atomic E-state index is 12.8. The van der Waals surface area contributed by atoms with Gasteiger partial charge in [-0.25, -0.2) is 0 Å². The van der Waals surface area contributed by atoms with Crippen LogP contribution in [0.3, 0.4) is 0 Å². The van der Waals surface area contributed by atoms with E-state index in [-0.39, 0.29) is 6.04 Å². The van der Waals surface area contributed by atoms with Gasteiger partial charge in [0.25, 0.3) is 0 Å². The van der Waals surface area contributed by atoms with Gasteiger partial charge in [-0.3, -0.25) is 9.69 Å². The Kier molecular flexibility index (Phi) is 6.49.